The zero-order valence-electron chi connectivity index (χ0n) is 16.3. The summed E-state index contributed by atoms with van der Waals surface area (Å²) in [5.74, 6) is 1.67. The summed E-state index contributed by atoms with van der Waals surface area (Å²) in [6, 6.07) is 0. The number of rotatable bonds is 5. The second-order valence-corrected chi connectivity index (χ2v) is 7.53. The molecule has 7 heteroatoms. The average Bonchev–Trinajstić information content (AvgIpc) is 3.07. The molecule has 6 nitrogen and oxygen atoms in total. The zero-order valence-corrected chi connectivity index (χ0v) is 18.6. The molecule has 2 N–H and O–H groups in total. The summed E-state index contributed by atoms with van der Waals surface area (Å²) in [6.07, 6.45) is 7.95. The molecule has 0 atom stereocenters. The number of nitrogens with one attached hydrogen (secondary N) is 2. The van der Waals surface area contributed by atoms with E-state index in [1.54, 1.807) is 7.05 Å². The van der Waals surface area contributed by atoms with Gasteiger partial charge in [0.15, 0.2) is 5.96 Å². The molecule has 1 amide bonds. The monoisotopic (exact) mass is 465 g/mol. The third-order valence-corrected chi connectivity index (χ3v) is 5.94. The fourth-order valence-corrected chi connectivity index (χ4v) is 4.10. The topological polar surface area (TPSA) is 60.0 Å². The number of carbonyl (C=O) groups is 1. The van der Waals surface area contributed by atoms with Crippen LogP contribution in [-0.2, 0) is 4.79 Å². The van der Waals surface area contributed by atoms with E-state index in [2.05, 4.69) is 39.5 Å². The molecule has 0 bridgehead atoms. The van der Waals surface area contributed by atoms with Crippen molar-refractivity contribution >= 4 is 35.8 Å². The highest BCUT2D eigenvalue weighted by Crippen LogP contribution is 2.33. The van der Waals surface area contributed by atoms with E-state index in [0.717, 1.165) is 38.4 Å². The number of halogens is 1. The van der Waals surface area contributed by atoms with Crippen LogP contribution in [0, 0.1) is 5.92 Å². The lowest BCUT2D eigenvalue weighted by molar-refractivity contribution is -0.121. The van der Waals surface area contributed by atoms with Gasteiger partial charge in [-0.25, -0.2) is 0 Å². The SMILES string of the molecule is CN=C(NCC1(N(C)C)CCCC1)N1CCC(CC(=O)NC)CC1.I. The molecular formula is C18H36IN5O. The van der Waals surface area contributed by atoms with Gasteiger partial charge in [0.05, 0.1) is 0 Å². The Labute approximate surface area is 170 Å². The van der Waals surface area contributed by atoms with Gasteiger partial charge in [-0.15, -0.1) is 24.0 Å². The predicted molar refractivity (Wildman–Crippen MR) is 115 cm³/mol. The lowest BCUT2D eigenvalue weighted by atomic mass is 9.93. The standard InChI is InChI=1S/C18H35N5O.HI/c1-19-16(24)13-15-7-11-23(12-8-15)17(20-2)21-14-18(22(3)4)9-5-6-10-18;/h15H,5-14H2,1-4H3,(H,19,24)(H,20,21);1H. The van der Waals surface area contributed by atoms with E-state index >= 15 is 0 Å². The molecule has 1 aliphatic carbocycles. The molecule has 0 aromatic carbocycles. The Morgan fingerprint density at radius 3 is 2.32 bits per heavy atom. The fourth-order valence-electron chi connectivity index (χ4n) is 4.10. The van der Waals surface area contributed by atoms with Crippen LogP contribution in [0.1, 0.15) is 44.9 Å². The van der Waals surface area contributed by atoms with Gasteiger partial charge in [0.25, 0.3) is 0 Å². The van der Waals surface area contributed by atoms with Crippen LogP contribution < -0.4 is 10.6 Å². The molecule has 0 aromatic heterocycles. The highest BCUT2D eigenvalue weighted by molar-refractivity contribution is 14.0. The number of amides is 1. The predicted octanol–water partition coefficient (Wildman–Crippen LogP) is 1.90. The second kappa shape index (κ2) is 10.5. The molecule has 146 valence electrons. The first-order valence-corrected chi connectivity index (χ1v) is 9.34. The van der Waals surface area contributed by atoms with Crippen LogP contribution >= 0.6 is 24.0 Å². The molecule has 2 rings (SSSR count). The molecule has 1 heterocycles. The van der Waals surface area contributed by atoms with Crippen molar-refractivity contribution in [3.05, 3.63) is 0 Å². The van der Waals surface area contributed by atoms with Gasteiger partial charge in [0.2, 0.25) is 5.91 Å². The maximum absolute atomic E-state index is 11.5. The first kappa shape index (κ1) is 22.5. The minimum absolute atomic E-state index is 0. The quantitative estimate of drug-likeness (QED) is 0.370. The number of nitrogens with zero attached hydrogens (tertiary/aromatic N) is 3. The average molecular weight is 465 g/mol. The lowest BCUT2D eigenvalue weighted by Gasteiger charge is -2.39. The van der Waals surface area contributed by atoms with E-state index in [4.69, 9.17) is 0 Å². The maximum Gasteiger partial charge on any atom is 0.220 e. The van der Waals surface area contributed by atoms with Gasteiger partial charge in [-0.1, -0.05) is 12.8 Å². The van der Waals surface area contributed by atoms with Crippen LogP contribution in [0.5, 0.6) is 0 Å². The summed E-state index contributed by atoms with van der Waals surface area (Å²) in [4.78, 5) is 20.8. The summed E-state index contributed by atoms with van der Waals surface area (Å²) in [5, 5.41) is 6.36. The first-order chi connectivity index (χ1) is 11.5. The van der Waals surface area contributed by atoms with Gasteiger partial charge in [0, 0.05) is 45.7 Å². The van der Waals surface area contributed by atoms with Crippen molar-refractivity contribution in [2.24, 2.45) is 10.9 Å². The van der Waals surface area contributed by atoms with Crippen molar-refractivity contribution in [3.63, 3.8) is 0 Å². The molecule has 2 fully saturated rings. The van der Waals surface area contributed by atoms with Crippen LogP contribution in [0.2, 0.25) is 0 Å². The number of carbonyl (C=O) groups excluding carboxylic acids is 1. The van der Waals surface area contributed by atoms with Gasteiger partial charge >= 0.3 is 0 Å². The van der Waals surface area contributed by atoms with Crippen LogP contribution in [0.25, 0.3) is 0 Å². The third-order valence-electron chi connectivity index (χ3n) is 5.94. The number of likely N-dealkylation sites (tertiary alicyclic amines) is 1. The first-order valence-electron chi connectivity index (χ1n) is 9.34. The molecule has 2 aliphatic rings. The van der Waals surface area contributed by atoms with Crippen LogP contribution in [0.3, 0.4) is 0 Å². The minimum Gasteiger partial charge on any atom is -0.359 e. The summed E-state index contributed by atoms with van der Waals surface area (Å²) in [7, 11) is 7.98. The summed E-state index contributed by atoms with van der Waals surface area (Å²) in [5.41, 5.74) is 0.271. The van der Waals surface area contributed by atoms with Crippen LogP contribution in [0.4, 0.5) is 0 Å². The molecule has 1 saturated heterocycles. The van der Waals surface area contributed by atoms with Crippen molar-refractivity contribution in [2.45, 2.75) is 50.5 Å². The molecule has 25 heavy (non-hydrogen) atoms. The van der Waals surface area contributed by atoms with Crippen molar-refractivity contribution < 1.29 is 4.79 Å². The van der Waals surface area contributed by atoms with Crippen molar-refractivity contribution in [2.75, 3.05) is 47.8 Å². The zero-order chi connectivity index (χ0) is 17.6. The third kappa shape index (κ3) is 5.98. The minimum atomic E-state index is 0. The molecule has 0 unspecified atom stereocenters. The molecule has 0 aromatic rings. The Hall–Kier alpha value is -0.570. The highest BCUT2D eigenvalue weighted by atomic mass is 127. The van der Waals surface area contributed by atoms with Gasteiger partial charge in [0.1, 0.15) is 0 Å². The number of hydrogen-bond donors (Lipinski definition) is 2. The Balaban J connectivity index is 0.00000312. The molecule has 1 saturated carbocycles. The molecule has 1 aliphatic heterocycles. The number of likely N-dealkylation sites (N-methyl/N-ethyl adjacent to an activating group) is 1. The van der Waals surface area contributed by atoms with E-state index in [1.807, 2.05) is 7.05 Å². The van der Waals surface area contributed by atoms with Gasteiger partial charge in [-0.3, -0.25) is 9.79 Å². The normalized spacial score (nSPS) is 21.2. The van der Waals surface area contributed by atoms with E-state index in [-0.39, 0.29) is 35.4 Å². The number of hydrogen-bond acceptors (Lipinski definition) is 3. The Morgan fingerprint density at radius 1 is 1.24 bits per heavy atom. The summed E-state index contributed by atoms with van der Waals surface area (Å²) in [6.45, 7) is 2.93. The molecule has 0 radical (unpaired) electrons. The van der Waals surface area contributed by atoms with E-state index in [0.29, 0.717) is 12.3 Å². The Kier molecular flexibility index (Phi) is 9.48. The second-order valence-electron chi connectivity index (χ2n) is 7.53. The van der Waals surface area contributed by atoms with Crippen molar-refractivity contribution in [1.82, 2.24) is 20.4 Å². The van der Waals surface area contributed by atoms with Gasteiger partial charge in [-0.05, 0) is 45.7 Å². The van der Waals surface area contributed by atoms with Crippen LogP contribution in [0.15, 0.2) is 4.99 Å². The Bertz CT molecular complexity index is 441. The maximum atomic E-state index is 11.5. The number of aliphatic imine (C=N–C) groups is 1. The Morgan fingerprint density at radius 2 is 1.84 bits per heavy atom. The molecular weight excluding hydrogens is 429 g/mol. The van der Waals surface area contributed by atoms with Gasteiger partial charge < -0.3 is 20.4 Å². The number of piperidine rings is 1. The van der Waals surface area contributed by atoms with Crippen molar-refractivity contribution in [1.29, 1.82) is 0 Å². The number of guanidine groups is 1. The van der Waals surface area contributed by atoms with Crippen molar-refractivity contribution in [3.8, 4) is 0 Å². The molecule has 0 spiro atoms. The lowest BCUT2D eigenvalue weighted by Crippen LogP contribution is -2.54. The van der Waals surface area contributed by atoms with E-state index in [1.165, 1.54) is 25.7 Å². The highest BCUT2D eigenvalue weighted by Gasteiger charge is 2.36. The smallest absolute Gasteiger partial charge is 0.220 e. The fraction of sp³-hybridized carbons (Fsp3) is 0.889. The largest absolute Gasteiger partial charge is 0.359 e. The summed E-state index contributed by atoms with van der Waals surface area (Å²) < 4.78 is 0. The van der Waals surface area contributed by atoms with Gasteiger partial charge in [-0.2, -0.15) is 0 Å². The van der Waals surface area contributed by atoms with E-state index in [9.17, 15) is 4.79 Å². The van der Waals surface area contributed by atoms with E-state index < -0.39 is 0 Å². The summed E-state index contributed by atoms with van der Waals surface area (Å²) >= 11 is 0. The van der Waals surface area contributed by atoms with Crippen LogP contribution in [-0.4, -0.2) is 75.0 Å².